The summed E-state index contributed by atoms with van der Waals surface area (Å²) in [5, 5.41) is 14.0. The lowest BCUT2D eigenvalue weighted by Gasteiger charge is -2.36. The first-order valence-electron chi connectivity index (χ1n) is 11.0. The maximum atomic E-state index is 14.2. The van der Waals surface area contributed by atoms with E-state index in [-0.39, 0.29) is 6.04 Å². The van der Waals surface area contributed by atoms with Crippen molar-refractivity contribution >= 4 is 26.7 Å². The normalized spacial score (nSPS) is 15.3. The molecule has 1 aliphatic heterocycles. The number of anilines is 1. The van der Waals surface area contributed by atoms with E-state index in [2.05, 4.69) is 20.3 Å². The first kappa shape index (κ1) is 23.2. The van der Waals surface area contributed by atoms with Crippen molar-refractivity contribution in [3.63, 3.8) is 0 Å². The number of rotatable bonds is 5. The standard InChI is InChI=1S/C23H23F2N7O2S/c1-30-19(7-11-27-30)21-17-4-3-10-26-22(17)23(29-28-21)32-12-8-16(9-13-32)31(2)35(33,34)20-6-5-15(24)14-18(20)25/h3-7,10-11,14,16H,8-9,12-13H2,1-2H3. The van der Waals surface area contributed by atoms with Crippen molar-refractivity contribution in [2.75, 3.05) is 25.0 Å². The summed E-state index contributed by atoms with van der Waals surface area (Å²) in [6, 6.07) is 7.78. The number of benzene rings is 1. The van der Waals surface area contributed by atoms with Gasteiger partial charge in [-0.15, -0.1) is 10.2 Å². The van der Waals surface area contributed by atoms with E-state index in [1.807, 2.05) is 30.1 Å². The summed E-state index contributed by atoms with van der Waals surface area (Å²) >= 11 is 0. The highest BCUT2D eigenvalue weighted by molar-refractivity contribution is 7.89. The molecule has 1 aliphatic rings. The molecule has 5 rings (SSSR count). The molecule has 182 valence electrons. The number of fused-ring (bicyclic) bond motifs is 1. The van der Waals surface area contributed by atoms with E-state index >= 15 is 0 Å². The lowest BCUT2D eigenvalue weighted by molar-refractivity contribution is 0.310. The molecule has 0 saturated carbocycles. The SMILES string of the molecule is CN(C1CCN(c2nnc(-c3ccnn3C)c3cccnc23)CC1)S(=O)(=O)c1ccc(F)cc1F. The molecule has 4 aromatic rings. The van der Waals surface area contributed by atoms with Crippen LogP contribution in [-0.4, -0.2) is 63.9 Å². The molecule has 1 fully saturated rings. The van der Waals surface area contributed by atoms with Gasteiger partial charge >= 0.3 is 0 Å². The molecule has 9 nitrogen and oxygen atoms in total. The van der Waals surface area contributed by atoms with Crippen LogP contribution in [0.1, 0.15) is 12.8 Å². The number of hydrogen-bond acceptors (Lipinski definition) is 7. The number of aryl methyl sites for hydroxylation is 1. The highest BCUT2D eigenvalue weighted by atomic mass is 32.2. The predicted molar refractivity (Wildman–Crippen MR) is 126 cm³/mol. The zero-order valence-corrected chi connectivity index (χ0v) is 20.0. The summed E-state index contributed by atoms with van der Waals surface area (Å²) in [7, 11) is -0.851. The maximum Gasteiger partial charge on any atom is 0.245 e. The van der Waals surface area contributed by atoms with Crippen LogP contribution < -0.4 is 4.90 Å². The van der Waals surface area contributed by atoms with Gasteiger partial charge in [-0.2, -0.15) is 9.40 Å². The Balaban J connectivity index is 1.38. The lowest BCUT2D eigenvalue weighted by atomic mass is 10.0. The van der Waals surface area contributed by atoms with E-state index in [9.17, 15) is 17.2 Å². The van der Waals surface area contributed by atoms with Gasteiger partial charge in [-0.05, 0) is 43.2 Å². The predicted octanol–water partition coefficient (Wildman–Crippen LogP) is 2.99. The first-order chi connectivity index (χ1) is 16.8. The Morgan fingerprint density at radius 1 is 1.06 bits per heavy atom. The number of sulfonamides is 1. The molecule has 0 amide bonds. The summed E-state index contributed by atoms with van der Waals surface area (Å²) in [5.74, 6) is -1.30. The molecule has 3 aromatic heterocycles. The van der Waals surface area contributed by atoms with Crippen molar-refractivity contribution in [1.29, 1.82) is 0 Å². The Hall–Kier alpha value is -3.51. The average Bonchev–Trinajstić information content (AvgIpc) is 3.28. The van der Waals surface area contributed by atoms with Gasteiger partial charge in [-0.3, -0.25) is 9.67 Å². The van der Waals surface area contributed by atoms with Gasteiger partial charge in [0.2, 0.25) is 10.0 Å². The first-order valence-corrected chi connectivity index (χ1v) is 12.5. The molecule has 0 aliphatic carbocycles. The van der Waals surface area contributed by atoms with Crippen LogP contribution >= 0.6 is 0 Å². The molecule has 0 spiro atoms. The maximum absolute atomic E-state index is 14.2. The van der Waals surface area contributed by atoms with Gasteiger partial charge in [-0.1, -0.05) is 0 Å². The highest BCUT2D eigenvalue weighted by Crippen LogP contribution is 2.32. The van der Waals surface area contributed by atoms with Gasteiger partial charge in [0, 0.05) is 57.1 Å². The quantitative estimate of drug-likeness (QED) is 0.416. The number of piperidine rings is 1. The van der Waals surface area contributed by atoms with Gasteiger partial charge in [0.15, 0.2) is 5.82 Å². The smallest absolute Gasteiger partial charge is 0.245 e. The third kappa shape index (κ3) is 4.12. The van der Waals surface area contributed by atoms with E-state index in [1.54, 1.807) is 17.1 Å². The Morgan fingerprint density at radius 3 is 2.51 bits per heavy atom. The highest BCUT2D eigenvalue weighted by Gasteiger charge is 2.33. The average molecular weight is 500 g/mol. The van der Waals surface area contributed by atoms with Gasteiger partial charge < -0.3 is 4.90 Å². The minimum absolute atomic E-state index is 0.346. The molecule has 12 heteroatoms. The minimum Gasteiger partial charge on any atom is -0.353 e. The van der Waals surface area contributed by atoms with Gasteiger partial charge in [0.25, 0.3) is 0 Å². The van der Waals surface area contributed by atoms with E-state index in [0.29, 0.717) is 49.0 Å². The van der Waals surface area contributed by atoms with E-state index in [1.165, 1.54) is 11.4 Å². The van der Waals surface area contributed by atoms with E-state index in [4.69, 9.17) is 0 Å². The molecule has 0 bridgehead atoms. The Kier molecular flexibility index (Phi) is 5.93. The van der Waals surface area contributed by atoms with Gasteiger partial charge in [-0.25, -0.2) is 17.2 Å². The summed E-state index contributed by atoms with van der Waals surface area (Å²) in [6.45, 7) is 1.03. The van der Waals surface area contributed by atoms with E-state index in [0.717, 1.165) is 23.2 Å². The van der Waals surface area contributed by atoms with Gasteiger partial charge in [0.1, 0.15) is 27.7 Å². The Morgan fingerprint density at radius 2 is 1.83 bits per heavy atom. The number of nitrogens with zero attached hydrogens (tertiary/aromatic N) is 7. The fraction of sp³-hybridized carbons (Fsp3) is 0.304. The van der Waals surface area contributed by atoms with Crippen LogP contribution in [-0.2, 0) is 17.1 Å². The molecular weight excluding hydrogens is 476 g/mol. The van der Waals surface area contributed by atoms with E-state index < -0.39 is 26.6 Å². The minimum atomic E-state index is -4.11. The molecule has 4 heterocycles. The third-order valence-electron chi connectivity index (χ3n) is 6.41. The number of aromatic nitrogens is 5. The second kappa shape index (κ2) is 8.93. The van der Waals surface area contributed by atoms with Crippen LogP contribution in [0.5, 0.6) is 0 Å². The van der Waals surface area contributed by atoms with Crippen molar-refractivity contribution in [3.8, 4) is 11.4 Å². The number of halogens is 2. The van der Waals surface area contributed by atoms with Crippen LogP contribution in [0, 0.1) is 11.6 Å². The molecular formula is C23H23F2N7O2S. The van der Waals surface area contributed by atoms with Crippen LogP contribution in [0.3, 0.4) is 0 Å². The van der Waals surface area contributed by atoms with Crippen LogP contribution in [0.2, 0.25) is 0 Å². The number of hydrogen-bond donors (Lipinski definition) is 0. The van der Waals surface area contributed by atoms with Crippen molar-refractivity contribution in [2.45, 2.75) is 23.8 Å². The molecule has 0 radical (unpaired) electrons. The molecule has 1 aromatic carbocycles. The van der Waals surface area contributed by atoms with Gasteiger partial charge in [0.05, 0.1) is 5.69 Å². The summed E-state index contributed by atoms with van der Waals surface area (Å²) in [4.78, 5) is 6.05. The lowest BCUT2D eigenvalue weighted by Crippen LogP contribution is -2.46. The summed E-state index contributed by atoms with van der Waals surface area (Å²) < 4.78 is 56.3. The second-order valence-electron chi connectivity index (χ2n) is 8.43. The summed E-state index contributed by atoms with van der Waals surface area (Å²) in [5.41, 5.74) is 2.20. The molecule has 1 saturated heterocycles. The van der Waals surface area contributed by atoms with Crippen LogP contribution in [0.15, 0.2) is 53.7 Å². The monoisotopic (exact) mass is 499 g/mol. The molecule has 35 heavy (non-hydrogen) atoms. The molecule has 0 N–H and O–H groups in total. The topological polar surface area (TPSA) is 97.1 Å². The van der Waals surface area contributed by atoms with Crippen molar-refractivity contribution in [2.24, 2.45) is 7.05 Å². The zero-order chi connectivity index (χ0) is 24.7. The Bertz CT molecular complexity index is 1500. The zero-order valence-electron chi connectivity index (χ0n) is 19.1. The van der Waals surface area contributed by atoms with Crippen molar-refractivity contribution in [3.05, 3.63) is 60.4 Å². The molecule has 0 atom stereocenters. The van der Waals surface area contributed by atoms with Crippen LogP contribution in [0.25, 0.3) is 22.3 Å². The fourth-order valence-corrected chi connectivity index (χ4v) is 5.92. The summed E-state index contributed by atoms with van der Waals surface area (Å²) in [6.07, 6.45) is 4.39. The molecule has 0 unspecified atom stereocenters. The largest absolute Gasteiger partial charge is 0.353 e. The van der Waals surface area contributed by atoms with Crippen molar-refractivity contribution in [1.82, 2.24) is 29.3 Å². The Labute approximate surface area is 201 Å². The third-order valence-corrected chi connectivity index (χ3v) is 8.36. The number of pyridine rings is 1. The van der Waals surface area contributed by atoms with Crippen molar-refractivity contribution < 1.29 is 17.2 Å². The fourth-order valence-electron chi connectivity index (χ4n) is 4.46. The second-order valence-corrected chi connectivity index (χ2v) is 10.4. The van der Waals surface area contributed by atoms with Crippen LogP contribution in [0.4, 0.5) is 14.6 Å².